The second-order valence-electron chi connectivity index (χ2n) is 8.04. The molecular formula is C19H27F4N5O4. The zero-order valence-corrected chi connectivity index (χ0v) is 17.9. The van der Waals surface area contributed by atoms with Gasteiger partial charge in [0.2, 0.25) is 11.9 Å². The molecule has 3 heterocycles. The highest BCUT2D eigenvalue weighted by molar-refractivity contribution is 5.77. The van der Waals surface area contributed by atoms with Crippen LogP contribution in [0.4, 0.5) is 23.5 Å². The first kappa shape index (κ1) is 25.7. The third-order valence-electron chi connectivity index (χ3n) is 5.33. The summed E-state index contributed by atoms with van der Waals surface area (Å²) >= 11 is 0. The fraction of sp³-hybridized carbons (Fsp3) is 0.684. The van der Waals surface area contributed by atoms with Crippen LogP contribution in [0.15, 0.2) is 12.4 Å². The van der Waals surface area contributed by atoms with E-state index in [-0.39, 0.29) is 11.3 Å². The van der Waals surface area contributed by atoms with Crippen molar-refractivity contribution in [2.24, 2.45) is 5.41 Å². The summed E-state index contributed by atoms with van der Waals surface area (Å²) < 4.78 is 50.6. The van der Waals surface area contributed by atoms with E-state index in [1.165, 1.54) is 12.4 Å². The van der Waals surface area contributed by atoms with Crippen LogP contribution in [0.2, 0.25) is 0 Å². The number of alkyl halides is 3. The van der Waals surface area contributed by atoms with E-state index in [1.54, 1.807) is 19.0 Å². The van der Waals surface area contributed by atoms with Crippen molar-refractivity contribution in [2.45, 2.75) is 19.0 Å². The second kappa shape index (κ2) is 10.9. The minimum atomic E-state index is -5.08. The number of ether oxygens (including phenoxy) is 1. The van der Waals surface area contributed by atoms with Crippen LogP contribution in [0.25, 0.3) is 0 Å². The number of piperidine rings is 1. The van der Waals surface area contributed by atoms with E-state index in [0.29, 0.717) is 19.1 Å². The average molecular weight is 465 g/mol. The highest BCUT2D eigenvalue weighted by atomic mass is 19.4. The van der Waals surface area contributed by atoms with Gasteiger partial charge in [0.1, 0.15) is 0 Å². The fourth-order valence-corrected chi connectivity index (χ4v) is 3.50. The van der Waals surface area contributed by atoms with Crippen LogP contribution in [0, 0.1) is 11.2 Å². The predicted octanol–water partition coefficient (Wildman–Crippen LogP) is 1.26. The van der Waals surface area contributed by atoms with Gasteiger partial charge in [-0.3, -0.25) is 9.69 Å². The molecule has 180 valence electrons. The Hall–Kier alpha value is -2.54. The Morgan fingerprint density at radius 2 is 1.75 bits per heavy atom. The maximum atomic E-state index is 13.0. The number of hydrogen-bond acceptors (Lipinski definition) is 7. The van der Waals surface area contributed by atoms with Crippen LogP contribution in [-0.2, 0) is 14.3 Å². The van der Waals surface area contributed by atoms with Gasteiger partial charge >= 0.3 is 12.1 Å². The second-order valence-corrected chi connectivity index (χ2v) is 8.04. The van der Waals surface area contributed by atoms with Gasteiger partial charge in [-0.05, 0) is 12.8 Å². The average Bonchev–Trinajstić information content (AvgIpc) is 2.91. The summed E-state index contributed by atoms with van der Waals surface area (Å²) in [5, 5.41) is 7.12. The molecule has 1 aromatic rings. The first-order valence-electron chi connectivity index (χ1n) is 9.95. The molecule has 0 atom stereocenters. The van der Waals surface area contributed by atoms with Gasteiger partial charge in [0.25, 0.3) is 0 Å². The molecule has 0 bridgehead atoms. The van der Waals surface area contributed by atoms with E-state index < -0.39 is 18.0 Å². The van der Waals surface area contributed by atoms with Crippen LogP contribution >= 0.6 is 0 Å². The predicted molar refractivity (Wildman–Crippen MR) is 106 cm³/mol. The monoisotopic (exact) mass is 465 g/mol. The Balaban J connectivity index is 0.000000451. The van der Waals surface area contributed by atoms with Crippen LogP contribution in [0.5, 0.6) is 0 Å². The summed E-state index contributed by atoms with van der Waals surface area (Å²) in [6.07, 6.45) is -0.785. The number of nitrogens with zero attached hydrogens (tertiary/aromatic N) is 5. The maximum Gasteiger partial charge on any atom is 0.490 e. The van der Waals surface area contributed by atoms with Crippen molar-refractivity contribution >= 4 is 17.8 Å². The van der Waals surface area contributed by atoms with Gasteiger partial charge in [0.05, 0.1) is 32.2 Å². The van der Waals surface area contributed by atoms with E-state index in [2.05, 4.69) is 19.8 Å². The molecule has 0 saturated carbocycles. The molecule has 32 heavy (non-hydrogen) atoms. The molecule has 2 fully saturated rings. The third kappa shape index (κ3) is 7.55. The van der Waals surface area contributed by atoms with Crippen molar-refractivity contribution in [3.63, 3.8) is 0 Å². The molecule has 2 aliphatic rings. The first-order chi connectivity index (χ1) is 14.9. The highest BCUT2D eigenvalue weighted by Crippen LogP contribution is 2.35. The molecule has 0 aromatic carbocycles. The van der Waals surface area contributed by atoms with Gasteiger partial charge in [0.15, 0.2) is 5.82 Å². The Morgan fingerprint density at radius 3 is 2.25 bits per heavy atom. The van der Waals surface area contributed by atoms with E-state index in [0.717, 1.165) is 45.6 Å². The molecule has 1 N–H and O–H groups in total. The Bertz CT molecular complexity index is 768. The van der Waals surface area contributed by atoms with E-state index in [1.807, 2.05) is 0 Å². The number of carboxylic acid groups (broad SMARTS) is 1. The molecule has 0 aliphatic carbocycles. The zero-order chi connectivity index (χ0) is 23.9. The molecular weight excluding hydrogens is 438 g/mol. The maximum absolute atomic E-state index is 13.0. The van der Waals surface area contributed by atoms with Crippen molar-refractivity contribution < 1.29 is 37.0 Å². The number of carbonyl (C=O) groups excluding carboxylic acids is 1. The van der Waals surface area contributed by atoms with Crippen LogP contribution in [-0.4, -0.2) is 103 Å². The van der Waals surface area contributed by atoms with Crippen molar-refractivity contribution in [1.82, 2.24) is 19.8 Å². The van der Waals surface area contributed by atoms with E-state index in [9.17, 15) is 22.4 Å². The number of aromatic nitrogens is 2. The first-order valence-corrected chi connectivity index (χ1v) is 9.95. The summed E-state index contributed by atoms with van der Waals surface area (Å²) in [7, 11) is 3.57. The number of carboxylic acids is 1. The van der Waals surface area contributed by atoms with Gasteiger partial charge in [0, 0.05) is 45.7 Å². The summed E-state index contributed by atoms with van der Waals surface area (Å²) in [6, 6.07) is 0. The van der Waals surface area contributed by atoms with Crippen molar-refractivity contribution in [3.05, 3.63) is 18.2 Å². The number of anilines is 1. The molecule has 1 spiro atoms. The van der Waals surface area contributed by atoms with Crippen LogP contribution in [0.3, 0.4) is 0 Å². The smallest absolute Gasteiger partial charge is 0.475 e. The SMILES string of the molecule is CN(C)C(=O)CN1CCOCC2(CCN(c3ncc(F)cn3)CC2)C1.O=C(O)C(F)(F)F. The van der Waals surface area contributed by atoms with Gasteiger partial charge < -0.3 is 19.6 Å². The number of halogens is 4. The summed E-state index contributed by atoms with van der Waals surface area (Å²) in [4.78, 5) is 35.0. The summed E-state index contributed by atoms with van der Waals surface area (Å²) in [5.41, 5.74) is 0.0552. The summed E-state index contributed by atoms with van der Waals surface area (Å²) in [5.74, 6) is -2.48. The molecule has 2 aliphatic heterocycles. The Morgan fingerprint density at radius 1 is 1.19 bits per heavy atom. The number of amides is 1. The minimum Gasteiger partial charge on any atom is -0.475 e. The normalized spacial score (nSPS) is 19.0. The van der Waals surface area contributed by atoms with E-state index >= 15 is 0 Å². The lowest BCUT2D eigenvalue weighted by atomic mass is 9.78. The fourth-order valence-electron chi connectivity index (χ4n) is 3.50. The van der Waals surface area contributed by atoms with Crippen LogP contribution in [0.1, 0.15) is 12.8 Å². The van der Waals surface area contributed by atoms with Crippen molar-refractivity contribution in [2.75, 3.05) is 64.9 Å². The van der Waals surface area contributed by atoms with Crippen LogP contribution < -0.4 is 4.90 Å². The Kier molecular flexibility index (Phi) is 8.73. The third-order valence-corrected chi connectivity index (χ3v) is 5.33. The molecule has 1 aromatic heterocycles. The molecule has 1 amide bonds. The quantitative estimate of drug-likeness (QED) is 0.667. The molecule has 2 saturated heterocycles. The number of carbonyl (C=O) groups is 2. The zero-order valence-electron chi connectivity index (χ0n) is 17.9. The lowest BCUT2D eigenvalue weighted by molar-refractivity contribution is -0.192. The van der Waals surface area contributed by atoms with Gasteiger partial charge in [-0.15, -0.1) is 0 Å². The molecule has 13 heteroatoms. The largest absolute Gasteiger partial charge is 0.490 e. The number of likely N-dealkylation sites (N-methyl/N-ethyl adjacent to an activating group) is 1. The highest BCUT2D eigenvalue weighted by Gasteiger charge is 2.39. The van der Waals surface area contributed by atoms with Gasteiger partial charge in [-0.2, -0.15) is 13.2 Å². The number of hydrogen-bond donors (Lipinski definition) is 1. The number of rotatable bonds is 3. The van der Waals surface area contributed by atoms with Gasteiger partial charge in [-0.25, -0.2) is 19.2 Å². The molecule has 0 radical (unpaired) electrons. The van der Waals surface area contributed by atoms with Crippen molar-refractivity contribution in [1.29, 1.82) is 0 Å². The van der Waals surface area contributed by atoms with Gasteiger partial charge in [-0.1, -0.05) is 0 Å². The minimum absolute atomic E-state index is 0.0552. The topological polar surface area (TPSA) is 99.1 Å². The standard InChI is InChI=1S/C17H26FN5O2.C2HF3O2/c1-21(2)15(24)11-22-7-8-25-13-17(12-22)3-5-23(6-4-17)16-19-9-14(18)10-20-16;3-2(4,5)1(6)7/h9-10H,3-8,11-13H2,1-2H3;(H,6,7). The van der Waals surface area contributed by atoms with Crippen molar-refractivity contribution in [3.8, 4) is 0 Å². The molecule has 0 unspecified atom stereocenters. The van der Waals surface area contributed by atoms with E-state index in [4.69, 9.17) is 14.6 Å². The lowest BCUT2D eigenvalue weighted by Crippen LogP contribution is -2.49. The Labute approximate surface area is 183 Å². The number of aliphatic carboxylic acids is 1. The molecule has 3 rings (SSSR count). The molecule has 9 nitrogen and oxygen atoms in total. The summed E-state index contributed by atoms with van der Waals surface area (Å²) in [6.45, 7) is 5.08. The lowest BCUT2D eigenvalue weighted by Gasteiger charge is -2.42.